The van der Waals surface area contributed by atoms with Crippen molar-refractivity contribution < 1.29 is 14.3 Å². The van der Waals surface area contributed by atoms with Gasteiger partial charge in [0, 0.05) is 0 Å². The summed E-state index contributed by atoms with van der Waals surface area (Å²) in [6.45, 7) is 1.61. The van der Waals surface area contributed by atoms with E-state index in [0.29, 0.717) is 11.3 Å². The summed E-state index contributed by atoms with van der Waals surface area (Å²) in [6, 6.07) is 4.03. The molecule has 2 N–H and O–H groups in total. The van der Waals surface area contributed by atoms with Crippen LogP contribution in [0.5, 0.6) is 0 Å². The number of hydrogen-bond donors (Lipinski definition) is 2. The third-order valence-electron chi connectivity index (χ3n) is 3.23. The maximum Gasteiger partial charge on any atom is 0.240 e. The zero-order chi connectivity index (χ0) is 14.6. The number of thioether (sulfide) groups is 1. The quantitative estimate of drug-likeness (QED) is 0.823. The maximum absolute atomic E-state index is 13.2. The van der Waals surface area contributed by atoms with Crippen molar-refractivity contribution in [1.82, 2.24) is 0 Å². The molecular formula is C15H16FNO2S. The Balaban J connectivity index is 2.22. The third kappa shape index (κ3) is 3.33. The molecule has 1 heterocycles. The van der Waals surface area contributed by atoms with Crippen molar-refractivity contribution in [2.75, 3.05) is 17.7 Å². The first-order chi connectivity index (χ1) is 9.55. The fourth-order valence-corrected chi connectivity index (χ4v) is 3.29. The van der Waals surface area contributed by atoms with Crippen molar-refractivity contribution in [3.63, 3.8) is 0 Å². The molecule has 0 radical (unpaired) electrons. The Hall–Kier alpha value is -1.51. The summed E-state index contributed by atoms with van der Waals surface area (Å²) < 4.78 is 12.8. The highest BCUT2D eigenvalue weighted by atomic mass is 32.2. The van der Waals surface area contributed by atoms with Gasteiger partial charge in [-0.2, -0.15) is 0 Å². The third-order valence-corrected chi connectivity index (χ3v) is 4.75. The minimum absolute atomic E-state index is 0.0846. The Morgan fingerprint density at radius 1 is 1.60 bits per heavy atom. The highest BCUT2D eigenvalue weighted by molar-refractivity contribution is 8.01. The molecule has 20 heavy (non-hydrogen) atoms. The van der Waals surface area contributed by atoms with Crippen LogP contribution in [-0.2, 0) is 4.79 Å². The lowest BCUT2D eigenvalue weighted by atomic mass is 10.0. The molecule has 1 amide bonds. The normalized spacial score (nSPS) is 21.1. The van der Waals surface area contributed by atoms with Gasteiger partial charge in [-0.1, -0.05) is 11.8 Å². The van der Waals surface area contributed by atoms with Crippen molar-refractivity contribution in [2.45, 2.75) is 24.5 Å². The monoisotopic (exact) mass is 293 g/mol. The number of hydrogen-bond acceptors (Lipinski definition) is 3. The van der Waals surface area contributed by atoms with Gasteiger partial charge >= 0.3 is 0 Å². The Morgan fingerprint density at radius 3 is 3.05 bits per heavy atom. The average molecular weight is 293 g/mol. The number of rotatable bonds is 2. The molecule has 1 aliphatic heterocycles. The van der Waals surface area contributed by atoms with E-state index in [2.05, 4.69) is 17.2 Å². The summed E-state index contributed by atoms with van der Waals surface area (Å²) in [5, 5.41) is 11.5. The van der Waals surface area contributed by atoms with Gasteiger partial charge in [0.15, 0.2) is 0 Å². The van der Waals surface area contributed by atoms with Crippen molar-refractivity contribution in [2.24, 2.45) is 0 Å². The number of benzene rings is 1. The molecule has 0 spiro atoms. The molecule has 1 aliphatic rings. The predicted octanol–water partition coefficient (Wildman–Crippen LogP) is 2.39. The van der Waals surface area contributed by atoms with Crippen LogP contribution in [0.15, 0.2) is 18.2 Å². The number of carbonyl (C=O) groups excluding carboxylic acids is 1. The van der Waals surface area contributed by atoms with Gasteiger partial charge in [-0.3, -0.25) is 4.79 Å². The van der Waals surface area contributed by atoms with Gasteiger partial charge in [-0.15, -0.1) is 11.8 Å². The van der Waals surface area contributed by atoms with Crippen molar-refractivity contribution >= 4 is 23.4 Å². The Kier molecular flexibility index (Phi) is 4.69. The summed E-state index contributed by atoms with van der Waals surface area (Å²) in [4.78, 5) is 12.3. The number of anilines is 1. The molecule has 1 unspecified atom stereocenters. The predicted molar refractivity (Wildman–Crippen MR) is 79.1 cm³/mol. The molecule has 106 valence electrons. The van der Waals surface area contributed by atoms with E-state index in [9.17, 15) is 9.18 Å². The van der Waals surface area contributed by atoms with E-state index in [1.807, 2.05) is 6.92 Å². The highest BCUT2D eigenvalue weighted by Crippen LogP contribution is 2.38. The van der Waals surface area contributed by atoms with Crippen molar-refractivity contribution in [3.8, 4) is 11.8 Å². The van der Waals surface area contributed by atoms with Crippen LogP contribution in [0.25, 0.3) is 0 Å². The summed E-state index contributed by atoms with van der Waals surface area (Å²) in [5.41, 5.74) is 0.852. The van der Waals surface area contributed by atoms with E-state index < -0.39 is 10.6 Å². The zero-order valence-corrected chi connectivity index (χ0v) is 12.0. The van der Waals surface area contributed by atoms with Crippen LogP contribution in [0.2, 0.25) is 0 Å². The number of aliphatic hydroxyl groups is 1. The standard InChI is InChI=1S/C15H16FNO2S/c1-15(7-3-9-20-15)14(19)17-13-6-5-12(16)10-11(13)4-2-8-18/h5-6,10,18H,3,7-9H2,1H3,(H,17,19). The van der Waals surface area contributed by atoms with Gasteiger partial charge in [0.1, 0.15) is 12.4 Å². The Labute approximate surface area is 122 Å². The molecule has 0 saturated carbocycles. The largest absolute Gasteiger partial charge is 0.384 e. The molecule has 0 aliphatic carbocycles. The molecule has 5 heteroatoms. The van der Waals surface area contributed by atoms with E-state index >= 15 is 0 Å². The first kappa shape index (κ1) is 14.9. The Morgan fingerprint density at radius 2 is 2.40 bits per heavy atom. The second-order valence-corrected chi connectivity index (χ2v) is 6.38. The summed E-state index contributed by atoms with van der Waals surface area (Å²) in [7, 11) is 0. The lowest BCUT2D eigenvalue weighted by molar-refractivity contribution is -0.118. The summed E-state index contributed by atoms with van der Waals surface area (Å²) >= 11 is 1.64. The molecule has 0 aromatic heterocycles. The minimum atomic E-state index is -0.434. The van der Waals surface area contributed by atoms with Crippen molar-refractivity contribution in [1.29, 1.82) is 0 Å². The fraction of sp³-hybridized carbons (Fsp3) is 0.400. The number of nitrogens with one attached hydrogen (secondary N) is 1. The van der Waals surface area contributed by atoms with Crippen LogP contribution >= 0.6 is 11.8 Å². The molecule has 1 aromatic rings. The fourth-order valence-electron chi connectivity index (χ4n) is 2.08. The number of halogens is 1. The first-order valence-corrected chi connectivity index (χ1v) is 7.38. The lowest BCUT2D eigenvalue weighted by Gasteiger charge is -2.21. The van der Waals surface area contributed by atoms with Crippen LogP contribution in [0.3, 0.4) is 0 Å². The van der Waals surface area contributed by atoms with E-state index in [-0.39, 0.29) is 12.5 Å². The highest BCUT2D eigenvalue weighted by Gasteiger charge is 2.37. The first-order valence-electron chi connectivity index (χ1n) is 6.40. The molecule has 2 rings (SSSR count). The second-order valence-electron chi connectivity index (χ2n) is 4.79. The molecule has 1 fully saturated rings. The van der Waals surface area contributed by atoms with Crippen LogP contribution in [0, 0.1) is 17.7 Å². The zero-order valence-electron chi connectivity index (χ0n) is 11.2. The van der Waals surface area contributed by atoms with Gasteiger partial charge in [-0.25, -0.2) is 4.39 Å². The molecule has 0 bridgehead atoms. The number of carbonyl (C=O) groups is 1. The van der Waals surface area contributed by atoms with E-state index in [1.54, 1.807) is 11.8 Å². The van der Waals surface area contributed by atoms with Gasteiger partial charge < -0.3 is 10.4 Å². The molecule has 1 aromatic carbocycles. The topological polar surface area (TPSA) is 49.3 Å². The molecule has 3 nitrogen and oxygen atoms in total. The molecular weight excluding hydrogens is 277 g/mol. The van der Waals surface area contributed by atoms with Gasteiger partial charge in [0.25, 0.3) is 0 Å². The smallest absolute Gasteiger partial charge is 0.240 e. The average Bonchev–Trinajstić information content (AvgIpc) is 2.87. The van der Waals surface area contributed by atoms with Gasteiger partial charge in [0.05, 0.1) is 16.0 Å². The number of amides is 1. The maximum atomic E-state index is 13.2. The minimum Gasteiger partial charge on any atom is -0.384 e. The number of aliphatic hydroxyl groups excluding tert-OH is 1. The van der Waals surface area contributed by atoms with E-state index in [1.165, 1.54) is 18.2 Å². The SMILES string of the molecule is CC1(C(=O)Nc2ccc(F)cc2C#CCO)CCCS1. The summed E-state index contributed by atoms with van der Waals surface area (Å²) in [5.74, 6) is 5.59. The Bertz CT molecular complexity index is 571. The van der Waals surface area contributed by atoms with Gasteiger partial charge in [0.2, 0.25) is 5.91 Å². The van der Waals surface area contributed by atoms with Gasteiger partial charge in [-0.05, 0) is 43.7 Å². The van der Waals surface area contributed by atoms with Crippen LogP contribution in [0.1, 0.15) is 25.3 Å². The lowest BCUT2D eigenvalue weighted by Crippen LogP contribution is -2.34. The van der Waals surface area contributed by atoms with Crippen molar-refractivity contribution in [3.05, 3.63) is 29.6 Å². The van der Waals surface area contributed by atoms with Crippen LogP contribution < -0.4 is 5.32 Å². The van der Waals surface area contributed by atoms with E-state index in [4.69, 9.17) is 5.11 Å². The van der Waals surface area contributed by atoms with Crippen LogP contribution in [-0.4, -0.2) is 28.1 Å². The van der Waals surface area contributed by atoms with E-state index in [0.717, 1.165) is 18.6 Å². The molecule has 1 atom stereocenters. The molecule has 1 saturated heterocycles. The summed E-state index contributed by atoms with van der Waals surface area (Å²) in [6.07, 6.45) is 1.86. The van der Waals surface area contributed by atoms with Crippen LogP contribution in [0.4, 0.5) is 10.1 Å². The second kappa shape index (κ2) is 6.29.